The molecular formula is C8H11N3OS. The van der Waals surface area contributed by atoms with Crippen molar-refractivity contribution in [2.24, 2.45) is 0 Å². The van der Waals surface area contributed by atoms with Crippen molar-refractivity contribution in [1.82, 2.24) is 15.6 Å². The van der Waals surface area contributed by atoms with E-state index in [9.17, 15) is 4.79 Å². The first kappa shape index (κ1) is 8.65. The van der Waals surface area contributed by atoms with Gasteiger partial charge in [-0.25, -0.2) is 4.98 Å². The van der Waals surface area contributed by atoms with Crippen LogP contribution in [0.1, 0.15) is 17.6 Å². The second-order valence-corrected chi connectivity index (χ2v) is 4.34. The molecule has 13 heavy (non-hydrogen) atoms. The molecule has 1 amide bonds. The van der Waals surface area contributed by atoms with E-state index < -0.39 is 5.66 Å². The molecular weight excluding hydrogens is 186 g/mol. The number of aromatic nitrogens is 1. The van der Waals surface area contributed by atoms with Gasteiger partial charge in [-0.2, -0.15) is 0 Å². The monoisotopic (exact) mass is 197 g/mol. The van der Waals surface area contributed by atoms with Gasteiger partial charge in [-0.05, 0) is 13.8 Å². The predicted octanol–water partition coefficient (Wildman–Crippen LogP) is 0.344. The van der Waals surface area contributed by atoms with E-state index >= 15 is 0 Å². The maximum Gasteiger partial charge on any atom is 0.235 e. The van der Waals surface area contributed by atoms with Gasteiger partial charge < -0.3 is 5.32 Å². The summed E-state index contributed by atoms with van der Waals surface area (Å²) >= 11 is 1.59. The third-order valence-electron chi connectivity index (χ3n) is 2.12. The number of hydrogen-bond acceptors (Lipinski definition) is 4. The topological polar surface area (TPSA) is 54.0 Å². The van der Waals surface area contributed by atoms with E-state index in [4.69, 9.17) is 0 Å². The molecule has 0 aromatic carbocycles. The van der Waals surface area contributed by atoms with Gasteiger partial charge in [0.25, 0.3) is 0 Å². The number of aryl methyl sites for hydroxylation is 1. The molecule has 1 aliphatic heterocycles. The van der Waals surface area contributed by atoms with Crippen molar-refractivity contribution in [1.29, 1.82) is 0 Å². The van der Waals surface area contributed by atoms with Crippen LogP contribution in [0.2, 0.25) is 0 Å². The lowest BCUT2D eigenvalue weighted by molar-refractivity contribution is -0.118. The summed E-state index contributed by atoms with van der Waals surface area (Å²) in [6, 6.07) is 0. The summed E-state index contributed by atoms with van der Waals surface area (Å²) in [5.74, 6) is 0.0214. The molecule has 1 unspecified atom stereocenters. The van der Waals surface area contributed by atoms with Gasteiger partial charge in [0.05, 0.1) is 17.2 Å². The smallest absolute Gasteiger partial charge is 0.235 e. The van der Waals surface area contributed by atoms with Crippen molar-refractivity contribution in [2.45, 2.75) is 19.5 Å². The summed E-state index contributed by atoms with van der Waals surface area (Å²) < 4.78 is 0. The van der Waals surface area contributed by atoms with Gasteiger partial charge in [0.1, 0.15) is 5.66 Å². The highest BCUT2D eigenvalue weighted by Gasteiger charge is 2.35. The number of hydrogen-bond donors (Lipinski definition) is 2. The molecule has 1 aromatic heterocycles. The summed E-state index contributed by atoms with van der Waals surface area (Å²) in [5.41, 5.74) is 0.419. The average molecular weight is 197 g/mol. The minimum absolute atomic E-state index is 0.0214. The molecule has 4 nitrogen and oxygen atoms in total. The summed E-state index contributed by atoms with van der Waals surface area (Å²) in [7, 11) is 0. The van der Waals surface area contributed by atoms with Crippen LogP contribution in [0.4, 0.5) is 0 Å². The van der Waals surface area contributed by atoms with Gasteiger partial charge in [-0.1, -0.05) is 0 Å². The molecule has 1 atom stereocenters. The van der Waals surface area contributed by atoms with Crippen LogP contribution in [-0.2, 0) is 10.5 Å². The summed E-state index contributed by atoms with van der Waals surface area (Å²) in [4.78, 5) is 15.4. The maximum atomic E-state index is 11.0. The normalized spacial score (nSPS) is 27.7. The SMILES string of the molecule is Cc1nc(C2(C)NCC(=O)N2)cs1. The number of nitrogens with zero attached hydrogens (tertiary/aromatic N) is 1. The molecule has 1 fully saturated rings. The molecule has 0 saturated carbocycles. The fraction of sp³-hybridized carbons (Fsp3) is 0.500. The minimum atomic E-state index is -0.470. The largest absolute Gasteiger partial charge is 0.332 e. The number of thiazole rings is 1. The zero-order valence-electron chi connectivity index (χ0n) is 7.55. The van der Waals surface area contributed by atoms with Gasteiger partial charge in [-0.15, -0.1) is 11.3 Å². The van der Waals surface area contributed by atoms with Crippen LogP contribution in [-0.4, -0.2) is 17.4 Å². The van der Waals surface area contributed by atoms with Crippen LogP contribution in [0.5, 0.6) is 0 Å². The van der Waals surface area contributed by atoms with Crippen LogP contribution < -0.4 is 10.6 Å². The number of carbonyl (C=O) groups is 1. The fourth-order valence-electron chi connectivity index (χ4n) is 1.37. The minimum Gasteiger partial charge on any atom is -0.332 e. The third kappa shape index (κ3) is 1.45. The second kappa shape index (κ2) is 2.78. The molecule has 70 valence electrons. The van der Waals surface area contributed by atoms with Crippen molar-refractivity contribution in [2.75, 3.05) is 6.54 Å². The highest BCUT2D eigenvalue weighted by atomic mass is 32.1. The van der Waals surface area contributed by atoms with Crippen molar-refractivity contribution in [3.8, 4) is 0 Å². The van der Waals surface area contributed by atoms with Gasteiger partial charge in [0, 0.05) is 5.38 Å². The lowest BCUT2D eigenvalue weighted by Crippen LogP contribution is -2.43. The summed E-state index contributed by atoms with van der Waals surface area (Å²) in [6.45, 7) is 4.24. The Morgan fingerprint density at radius 1 is 1.69 bits per heavy atom. The first-order chi connectivity index (χ1) is 6.10. The molecule has 0 radical (unpaired) electrons. The van der Waals surface area contributed by atoms with E-state index in [0.29, 0.717) is 6.54 Å². The summed E-state index contributed by atoms with van der Waals surface area (Å²) in [6.07, 6.45) is 0. The van der Waals surface area contributed by atoms with Crippen molar-refractivity contribution >= 4 is 17.2 Å². The molecule has 1 aromatic rings. The molecule has 5 heteroatoms. The number of rotatable bonds is 1. The Labute approximate surface area is 80.4 Å². The molecule has 2 N–H and O–H groups in total. The standard InChI is InChI=1S/C8H11N3OS/c1-5-10-6(4-13-5)8(2)9-3-7(12)11-8/h4,9H,3H2,1-2H3,(H,11,12). The van der Waals surface area contributed by atoms with Crippen molar-refractivity contribution < 1.29 is 4.79 Å². The average Bonchev–Trinajstić information content (AvgIpc) is 2.60. The molecule has 1 saturated heterocycles. The number of amides is 1. The Balaban J connectivity index is 2.30. The van der Waals surface area contributed by atoms with E-state index in [0.717, 1.165) is 10.7 Å². The van der Waals surface area contributed by atoms with Crippen LogP contribution in [0.3, 0.4) is 0 Å². The maximum absolute atomic E-state index is 11.0. The first-order valence-corrected chi connectivity index (χ1v) is 4.97. The van der Waals surface area contributed by atoms with Crippen molar-refractivity contribution in [3.63, 3.8) is 0 Å². The van der Waals surface area contributed by atoms with Crippen LogP contribution in [0.25, 0.3) is 0 Å². The molecule has 2 rings (SSSR count). The highest BCUT2D eigenvalue weighted by molar-refractivity contribution is 7.09. The molecule has 0 spiro atoms. The third-order valence-corrected chi connectivity index (χ3v) is 2.90. The van der Waals surface area contributed by atoms with Crippen LogP contribution in [0.15, 0.2) is 5.38 Å². The van der Waals surface area contributed by atoms with Crippen molar-refractivity contribution in [3.05, 3.63) is 16.1 Å². The Kier molecular flexibility index (Phi) is 1.85. The first-order valence-electron chi connectivity index (χ1n) is 4.09. The van der Waals surface area contributed by atoms with E-state index in [1.54, 1.807) is 11.3 Å². The Hall–Kier alpha value is -0.940. The van der Waals surface area contributed by atoms with Crippen LogP contribution in [0, 0.1) is 6.92 Å². The molecule has 0 bridgehead atoms. The Morgan fingerprint density at radius 3 is 2.92 bits per heavy atom. The van der Waals surface area contributed by atoms with Crippen LogP contribution >= 0.6 is 11.3 Å². The van der Waals surface area contributed by atoms with E-state index in [2.05, 4.69) is 15.6 Å². The quantitative estimate of drug-likeness (QED) is 0.682. The number of carbonyl (C=O) groups excluding carboxylic acids is 1. The fourth-order valence-corrected chi connectivity index (χ4v) is 2.09. The Morgan fingerprint density at radius 2 is 2.46 bits per heavy atom. The molecule has 0 aliphatic carbocycles. The molecule has 1 aliphatic rings. The zero-order valence-corrected chi connectivity index (χ0v) is 8.36. The molecule has 2 heterocycles. The number of nitrogens with one attached hydrogen (secondary N) is 2. The second-order valence-electron chi connectivity index (χ2n) is 3.28. The van der Waals surface area contributed by atoms with E-state index in [-0.39, 0.29) is 5.91 Å². The van der Waals surface area contributed by atoms with Gasteiger partial charge >= 0.3 is 0 Å². The van der Waals surface area contributed by atoms with Gasteiger partial charge in [-0.3, -0.25) is 10.1 Å². The van der Waals surface area contributed by atoms with E-state index in [1.807, 2.05) is 19.2 Å². The lowest BCUT2D eigenvalue weighted by atomic mass is 10.1. The van der Waals surface area contributed by atoms with Gasteiger partial charge in [0.15, 0.2) is 0 Å². The lowest BCUT2D eigenvalue weighted by Gasteiger charge is -2.21. The highest BCUT2D eigenvalue weighted by Crippen LogP contribution is 2.21. The Bertz CT molecular complexity index is 349. The zero-order chi connectivity index (χ0) is 9.47. The van der Waals surface area contributed by atoms with Gasteiger partial charge in [0.2, 0.25) is 5.91 Å². The predicted molar refractivity (Wildman–Crippen MR) is 50.3 cm³/mol. The van der Waals surface area contributed by atoms with E-state index in [1.165, 1.54) is 0 Å². The summed E-state index contributed by atoms with van der Waals surface area (Å²) in [5, 5.41) is 8.93.